The number of aromatic nitrogens is 3. The quantitative estimate of drug-likeness (QED) is 0.232. The molecule has 168 valence electrons. The van der Waals surface area contributed by atoms with Crippen LogP contribution in [0.15, 0.2) is 23.2 Å². The minimum atomic E-state index is -0.254. The molecule has 0 aliphatic carbocycles. The number of aliphatic imine (C=N–C) groups is 1. The summed E-state index contributed by atoms with van der Waals surface area (Å²) in [5.41, 5.74) is 1.99. The van der Waals surface area contributed by atoms with Gasteiger partial charge < -0.3 is 19.9 Å². The van der Waals surface area contributed by atoms with Crippen molar-refractivity contribution in [2.45, 2.75) is 73.1 Å². The molecule has 2 N–H and O–H groups in total. The second-order valence-corrected chi connectivity index (χ2v) is 8.35. The van der Waals surface area contributed by atoms with Gasteiger partial charge in [0.2, 0.25) is 0 Å². The van der Waals surface area contributed by atoms with Crippen molar-refractivity contribution < 1.29 is 4.74 Å². The molecule has 0 amide bonds. The maximum absolute atomic E-state index is 6.16. The van der Waals surface area contributed by atoms with Crippen LogP contribution >= 0.6 is 24.0 Å². The lowest BCUT2D eigenvalue weighted by molar-refractivity contribution is 0.129. The Labute approximate surface area is 198 Å². The van der Waals surface area contributed by atoms with E-state index < -0.39 is 0 Å². The van der Waals surface area contributed by atoms with E-state index in [9.17, 15) is 0 Å². The number of unbranched alkanes of at least 4 members (excludes halogenated alkanes) is 1. The van der Waals surface area contributed by atoms with E-state index in [0.717, 1.165) is 48.3 Å². The van der Waals surface area contributed by atoms with E-state index in [0.29, 0.717) is 13.1 Å². The Hall–Kier alpha value is -1.84. The first-order valence-corrected chi connectivity index (χ1v) is 10.3. The average molecular weight is 528 g/mol. The van der Waals surface area contributed by atoms with Gasteiger partial charge in [-0.3, -0.25) is 0 Å². The number of benzene rings is 1. The molecule has 1 aromatic heterocycles. The molecule has 1 aromatic carbocycles. The van der Waals surface area contributed by atoms with Crippen LogP contribution in [0.2, 0.25) is 0 Å². The summed E-state index contributed by atoms with van der Waals surface area (Å²) >= 11 is 0. The van der Waals surface area contributed by atoms with E-state index in [1.54, 1.807) is 0 Å². The molecule has 8 heteroatoms. The third kappa shape index (κ3) is 8.49. The zero-order valence-corrected chi connectivity index (χ0v) is 21.7. The first-order valence-electron chi connectivity index (χ1n) is 10.3. The van der Waals surface area contributed by atoms with Crippen molar-refractivity contribution in [3.63, 3.8) is 0 Å². The van der Waals surface area contributed by atoms with Gasteiger partial charge in [-0.25, -0.2) is 4.99 Å². The lowest BCUT2D eigenvalue weighted by atomic mass is 10.1. The minimum Gasteiger partial charge on any atom is -0.488 e. The highest BCUT2D eigenvalue weighted by Gasteiger charge is 2.15. The fraction of sp³-hybridized carbons (Fsp3) is 0.591. The van der Waals surface area contributed by atoms with Crippen LogP contribution in [0, 0.1) is 13.8 Å². The third-order valence-electron chi connectivity index (χ3n) is 4.47. The molecule has 0 unspecified atom stereocenters. The highest BCUT2D eigenvalue weighted by atomic mass is 127. The van der Waals surface area contributed by atoms with Gasteiger partial charge in [0.15, 0.2) is 11.8 Å². The van der Waals surface area contributed by atoms with Gasteiger partial charge in [0.1, 0.15) is 17.2 Å². The Bertz CT molecular complexity index is 826. The van der Waals surface area contributed by atoms with Crippen LogP contribution in [-0.2, 0) is 20.1 Å². The summed E-state index contributed by atoms with van der Waals surface area (Å²) < 4.78 is 8.14. The number of rotatable bonds is 8. The lowest BCUT2D eigenvalue weighted by Gasteiger charge is -2.23. The van der Waals surface area contributed by atoms with E-state index in [2.05, 4.69) is 73.6 Å². The molecule has 30 heavy (non-hydrogen) atoms. The minimum absolute atomic E-state index is 0. The number of hydrogen-bond donors (Lipinski definition) is 2. The predicted molar refractivity (Wildman–Crippen MR) is 134 cm³/mol. The number of guanidine groups is 1. The number of aryl methyl sites for hydroxylation is 2. The molecule has 0 atom stereocenters. The van der Waals surface area contributed by atoms with Gasteiger partial charge in [-0.2, -0.15) is 0 Å². The van der Waals surface area contributed by atoms with Crippen molar-refractivity contribution in [1.82, 2.24) is 25.4 Å². The maximum atomic E-state index is 6.16. The maximum Gasteiger partial charge on any atom is 0.191 e. The largest absolute Gasteiger partial charge is 0.488 e. The van der Waals surface area contributed by atoms with E-state index >= 15 is 0 Å². The molecule has 0 aliphatic rings. The third-order valence-corrected chi connectivity index (χ3v) is 4.47. The van der Waals surface area contributed by atoms with Crippen molar-refractivity contribution >= 4 is 29.9 Å². The second-order valence-electron chi connectivity index (χ2n) is 8.35. The summed E-state index contributed by atoms with van der Waals surface area (Å²) in [7, 11) is 1.97. The number of halogens is 1. The van der Waals surface area contributed by atoms with E-state index in [-0.39, 0.29) is 29.6 Å². The van der Waals surface area contributed by atoms with E-state index in [1.807, 2.05) is 18.5 Å². The van der Waals surface area contributed by atoms with Crippen molar-refractivity contribution in [3.8, 4) is 5.75 Å². The fourth-order valence-electron chi connectivity index (χ4n) is 2.71. The molecule has 0 fully saturated rings. The van der Waals surface area contributed by atoms with Gasteiger partial charge in [-0.15, -0.1) is 34.2 Å². The monoisotopic (exact) mass is 528 g/mol. The van der Waals surface area contributed by atoms with Gasteiger partial charge in [-0.05, 0) is 52.7 Å². The Morgan fingerprint density at radius 2 is 1.90 bits per heavy atom. The fourth-order valence-corrected chi connectivity index (χ4v) is 2.71. The van der Waals surface area contributed by atoms with Crippen LogP contribution in [0.3, 0.4) is 0 Å². The molecule has 2 aromatic rings. The predicted octanol–water partition coefficient (Wildman–Crippen LogP) is 4.26. The normalized spacial score (nSPS) is 11.8. The highest BCUT2D eigenvalue weighted by molar-refractivity contribution is 14.0. The zero-order chi connectivity index (χ0) is 21.4. The van der Waals surface area contributed by atoms with Crippen LogP contribution in [0.4, 0.5) is 0 Å². The van der Waals surface area contributed by atoms with Gasteiger partial charge in [0.05, 0.1) is 13.1 Å². The molecule has 2 rings (SSSR count). The summed E-state index contributed by atoms with van der Waals surface area (Å²) in [6, 6.07) is 6.27. The topological polar surface area (TPSA) is 76.4 Å². The Balaban J connectivity index is 0.00000450. The van der Waals surface area contributed by atoms with Crippen LogP contribution in [0.1, 0.15) is 63.3 Å². The summed E-state index contributed by atoms with van der Waals surface area (Å²) in [6.07, 6.45) is 2.22. The van der Waals surface area contributed by atoms with Gasteiger partial charge in [0.25, 0.3) is 0 Å². The Morgan fingerprint density at radius 1 is 1.17 bits per heavy atom. The van der Waals surface area contributed by atoms with Crippen molar-refractivity contribution in [2.24, 2.45) is 12.0 Å². The smallest absolute Gasteiger partial charge is 0.191 e. The number of ether oxygens (including phenoxy) is 1. The van der Waals surface area contributed by atoms with E-state index in [4.69, 9.17) is 9.73 Å². The zero-order valence-electron chi connectivity index (χ0n) is 19.4. The Morgan fingerprint density at radius 3 is 2.50 bits per heavy atom. The molecular formula is C22H37IN6O. The number of nitrogens with zero attached hydrogens (tertiary/aromatic N) is 4. The van der Waals surface area contributed by atoms with E-state index in [1.165, 1.54) is 5.56 Å². The van der Waals surface area contributed by atoms with Gasteiger partial charge in [0, 0.05) is 19.2 Å². The SMILES string of the molecule is CCCCNC(=NCc1ccc(C)cc1OC(C)(C)C)NCc1nnc(C)n1C.I. The number of hydrogen-bond acceptors (Lipinski definition) is 4. The first kappa shape index (κ1) is 26.2. The molecule has 0 aliphatic heterocycles. The van der Waals surface area contributed by atoms with Gasteiger partial charge in [-0.1, -0.05) is 25.5 Å². The molecule has 0 radical (unpaired) electrons. The molecule has 0 saturated heterocycles. The molecule has 0 bridgehead atoms. The standard InChI is InChI=1S/C22H36N6O.HI/c1-8-9-12-23-21(25-15-20-27-26-17(3)28(20)7)24-14-18-11-10-16(2)13-19(18)29-22(4,5)6;/h10-11,13H,8-9,12,14-15H2,1-7H3,(H2,23,24,25);1H. The van der Waals surface area contributed by atoms with Crippen molar-refractivity contribution in [2.75, 3.05) is 6.54 Å². The Kier molecular flexibility index (Phi) is 10.6. The van der Waals surface area contributed by atoms with Crippen LogP contribution in [-0.4, -0.2) is 32.9 Å². The summed E-state index contributed by atoms with van der Waals surface area (Å²) in [5, 5.41) is 15.1. The number of nitrogens with one attached hydrogen (secondary N) is 2. The summed E-state index contributed by atoms with van der Waals surface area (Å²) in [4.78, 5) is 4.79. The molecule has 7 nitrogen and oxygen atoms in total. The summed E-state index contributed by atoms with van der Waals surface area (Å²) in [5.74, 6) is 3.42. The van der Waals surface area contributed by atoms with Gasteiger partial charge >= 0.3 is 0 Å². The lowest BCUT2D eigenvalue weighted by Crippen LogP contribution is -2.38. The highest BCUT2D eigenvalue weighted by Crippen LogP contribution is 2.25. The average Bonchev–Trinajstić information content (AvgIpc) is 2.95. The molecule has 0 spiro atoms. The first-order chi connectivity index (χ1) is 13.7. The second kappa shape index (κ2) is 12.1. The van der Waals surface area contributed by atoms with Crippen molar-refractivity contribution in [1.29, 1.82) is 0 Å². The van der Waals surface area contributed by atoms with Crippen LogP contribution in [0.25, 0.3) is 0 Å². The van der Waals surface area contributed by atoms with Crippen molar-refractivity contribution in [3.05, 3.63) is 41.0 Å². The molecular weight excluding hydrogens is 491 g/mol. The molecule has 1 heterocycles. The van der Waals surface area contributed by atoms with Crippen LogP contribution in [0.5, 0.6) is 5.75 Å². The van der Waals surface area contributed by atoms with Crippen LogP contribution < -0.4 is 15.4 Å². The molecule has 0 saturated carbocycles. The summed E-state index contributed by atoms with van der Waals surface area (Å²) in [6.45, 7) is 14.3.